The molecule has 0 saturated heterocycles. The summed E-state index contributed by atoms with van der Waals surface area (Å²) in [7, 11) is 0. The average molecular weight is 407 g/mol. The van der Waals surface area contributed by atoms with E-state index in [9.17, 15) is 18.4 Å². The van der Waals surface area contributed by atoms with Gasteiger partial charge in [0, 0.05) is 10.4 Å². The van der Waals surface area contributed by atoms with Crippen molar-refractivity contribution in [2.75, 3.05) is 11.9 Å². The standard InChI is InChI=1S/C21H23F2NO3S/c1-3-5-12-6-8-14-17(10-12)28-20(18(14)21(26)27-4-2)24-19(25)13-7-9-15(22)16(23)11-13/h7,9,11-12H,3-6,8,10H2,1-2H3,(H,24,25)/t12-/m1/s1. The summed E-state index contributed by atoms with van der Waals surface area (Å²) in [6.07, 6.45) is 4.88. The molecule has 4 nitrogen and oxygen atoms in total. The largest absolute Gasteiger partial charge is 0.462 e. The van der Waals surface area contributed by atoms with E-state index in [1.165, 1.54) is 17.4 Å². The molecule has 1 atom stereocenters. The number of thiophene rings is 1. The summed E-state index contributed by atoms with van der Waals surface area (Å²) >= 11 is 1.38. The van der Waals surface area contributed by atoms with Crippen molar-refractivity contribution >= 4 is 28.2 Å². The van der Waals surface area contributed by atoms with Crippen LogP contribution in [-0.4, -0.2) is 18.5 Å². The molecule has 1 heterocycles. The van der Waals surface area contributed by atoms with Crippen LogP contribution in [0.1, 0.15) is 64.3 Å². The second kappa shape index (κ2) is 8.82. The molecule has 2 aromatic rings. The zero-order valence-corrected chi connectivity index (χ0v) is 16.8. The number of anilines is 1. The Bertz CT molecular complexity index is 894. The first kappa shape index (κ1) is 20.5. The third kappa shape index (κ3) is 4.24. The van der Waals surface area contributed by atoms with Crippen molar-refractivity contribution in [1.82, 2.24) is 0 Å². The van der Waals surface area contributed by atoms with E-state index in [-0.39, 0.29) is 12.2 Å². The summed E-state index contributed by atoms with van der Waals surface area (Å²) in [5.41, 5.74) is 1.33. The van der Waals surface area contributed by atoms with Crippen molar-refractivity contribution in [3.8, 4) is 0 Å². The van der Waals surface area contributed by atoms with E-state index in [0.29, 0.717) is 16.5 Å². The number of hydrogen-bond donors (Lipinski definition) is 1. The molecular weight excluding hydrogens is 384 g/mol. The molecule has 1 aliphatic rings. The van der Waals surface area contributed by atoms with Crippen molar-refractivity contribution in [1.29, 1.82) is 0 Å². The van der Waals surface area contributed by atoms with E-state index in [1.807, 2.05) is 0 Å². The molecule has 0 saturated carbocycles. The predicted molar refractivity (Wildman–Crippen MR) is 105 cm³/mol. The fourth-order valence-corrected chi connectivity index (χ4v) is 4.97. The van der Waals surface area contributed by atoms with Crippen LogP contribution >= 0.6 is 11.3 Å². The molecule has 7 heteroatoms. The highest BCUT2D eigenvalue weighted by Gasteiger charge is 2.30. The van der Waals surface area contributed by atoms with Gasteiger partial charge < -0.3 is 10.1 Å². The predicted octanol–water partition coefficient (Wildman–Crippen LogP) is 5.36. The third-order valence-electron chi connectivity index (χ3n) is 4.95. The molecule has 0 radical (unpaired) electrons. The Balaban J connectivity index is 1.91. The second-order valence-corrected chi connectivity index (χ2v) is 8.01. The molecule has 1 aromatic heterocycles. The molecule has 1 amide bonds. The third-order valence-corrected chi connectivity index (χ3v) is 6.12. The Morgan fingerprint density at radius 1 is 1.25 bits per heavy atom. The van der Waals surface area contributed by atoms with Gasteiger partial charge in [-0.15, -0.1) is 11.3 Å². The van der Waals surface area contributed by atoms with Gasteiger partial charge in [-0.1, -0.05) is 19.8 Å². The van der Waals surface area contributed by atoms with Gasteiger partial charge in [0.25, 0.3) is 5.91 Å². The van der Waals surface area contributed by atoms with Crippen LogP contribution in [0.25, 0.3) is 0 Å². The minimum absolute atomic E-state index is 0.0102. The van der Waals surface area contributed by atoms with E-state index in [0.717, 1.165) is 54.7 Å². The lowest BCUT2D eigenvalue weighted by molar-refractivity contribution is 0.0526. The smallest absolute Gasteiger partial charge is 0.341 e. The molecule has 0 bridgehead atoms. The number of amides is 1. The van der Waals surface area contributed by atoms with Crippen LogP contribution in [0.5, 0.6) is 0 Å². The van der Waals surface area contributed by atoms with Gasteiger partial charge >= 0.3 is 5.97 Å². The molecule has 1 aliphatic carbocycles. The molecule has 0 spiro atoms. The highest BCUT2D eigenvalue weighted by molar-refractivity contribution is 7.17. The Labute approximate surface area is 166 Å². The van der Waals surface area contributed by atoms with Crippen LogP contribution in [0.15, 0.2) is 18.2 Å². The van der Waals surface area contributed by atoms with Crippen molar-refractivity contribution in [3.05, 3.63) is 51.4 Å². The Hall–Kier alpha value is -2.28. The lowest BCUT2D eigenvalue weighted by Gasteiger charge is -2.21. The molecule has 28 heavy (non-hydrogen) atoms. The quantitative estimate of drug-likeness (QED) is 0.656. The number of fused-ring (bicyclic) bond motifs is 1. The van der Waals surface area contributed by atoms with Gasteiger partial charge in [0.1, 0.15) is 5.00 Å². The monoisotopic (exact) mass is 407 g/mol. The van der Waals surface area contributed by atoms with Crippen LogP contribution in [0.2, 0.25) is 0 Å². The van der Waals surface area contributed by atoms with E-state index < -0.39 is 23.5 Å². The molecule has 3 rings (SSSR count). The summed E-state index contributed by atoms with van der Waals surface area (Å²) in [5, 5.41) is 3.12. The summed E-state index contributed by atoms with van der Waals surface area (Å²) in [4.78, 5) is 26.2. The van der Waals surface area contributed by atoms with Crippen molar-refractivity contribution in [2.24, 2.45) is 5.92 Å². The van der Waals surface area contributed by atoms with Crippen molar-refractivity contribution in [3.63, 3.8) is 0 Å². The number of halogens is 2. The van der Waals surface area contributed by atoms with Crippen LogP contribution in [0.3, 0.4) is 0 Å². The van der Waals surface area contributed by atoms with Crippen molar-refractivity contribution in [2.45, 2.75) is 46.0 Å². The number of hydrogen-bond acceptors (Lipinski definition) is 4. The molecule has 150 valence electrons. The molecule has 1 aromatic carbocycles. The van der Waals surface area contributed by atoms with Crippen LogP contribution < -0.4 is 5.32 Å². The molecule has 1 N–H and O–H groups in total. The maximum absolute atomic E-state index is 13.5. The van der Waals surface area contributed by atoms with E-state index in [1.54, 1.807) is 6.92 Å². The van der Waals surface area contributed by atoms with Gasteiger partial charge in [0.2, 0.25) is 0 Å². The number of carbonyl (C=O) groups is 2. The van der Waals surface area contributed by atoms with E-state index in [2.05, 4.69) is 12.2 Å². The Morgan fingerprint density at radius 3 is 2.71 bits per heavy atom. The average Bonchev–Trinajstić information content (AvgIpc) is 3.01. The zero-order valence-electron chi connectivity index (χ0n) is 15.9. The minimum Gasteiger partial charge on any atom is -0.462 e. The topological polar surface area (TPSA) is 55.4 Å². The molecule has 0 aliphatic heterocycles. The van der Waals surface area contributed by atoms with Gasteiger partial charge in [0.05, 0.1) is 12.2 Å². The first-order valence-electron chi connectivity index (χ1n) is 9.52. The molecule has 0 unspecified atom stereocenters. The van der Waals surface area contributed by atoms with E-state index >= 15 is 0 Å². The van der Waals surface area contributed by atoms with Crippen LogP contribution in [0, 0.1) is 17.6 Å². The fraction of sp³-hybridized carbons (Fsp3) is 0.429. The number of carbonyl (C=O) groups excluding carboxylic acids is 2. The van der Waals surface area contributed by atoms with Crippen LogP contribution in [0.4, 0.5) is 13.8 Å². The second-order valence-electron chi connectivity index (χ2n) is 6.91. The number of benzene rings is 1. The minimum atomic E-state index is -1.09. The summed E-state index contributed by atoms with van der Waals surface area (Å²) in [6, 6.07) is 2.97. The summed E-state index contributed by atoms with van der Waals surface area (Å²) in [5.74, 6) is -2.59. The van der Waals surface area contributed by atoms with Crippen LogP contribution in [-0.2, 0) is 17.6 Å². The maximum Gasteiger partial charge on any atom is 0.341 e. The Kier molecular flexibility index (Phi) is 6.44. The number of ether oxygens (including phenoxy) is 1. The first-order chi connectivity index (χ1) is 13.4. The fourth-order valence-electron chi connectivity index (χ4n) is 3.63. The van der Waals surface area contributed by atoms with Gasteiger partial charge in [-0.2, -0.15) is 0 Å². The zero-order chi connectivity index (χ0) is 20.3. The van der Waals surface area contributed by atoms with Gasteiger partial charge in [-0.05, 0) is 55.9 Å². The lowest BCUT2D eigenvalue weighted by Crippen LogP contribution is -2.17. The Morgan fingerprint density at radius 2 is 2.04 bits per heavy atom. The number of nitrogens with one attached hydrogen (secondary N) is 1. The number of rotatable bonds is 6. The van der Waals surface area contributed by atoms with Gasteiger partial charge in [0.15, 0.2) is 11.6 Å². The summed E-state index contributed by atoms with van der Waals surface area (Å²) < 4.78 is 31.8. The molecular formula is C21H23F2NO3S. The van der Waals surface area contributed by atoms with Crippen molar-refractivity contribution < 1.29 is 23.1 Å². The molecule has 0 fully saturated rings. The maximum atomic E-state index is 13.5. The SMILES string of the molecule is CCC[C@@H]1CCc2c(sc(NC(=O)c3ccc(F)c(F)c3)c2C(=O)OCC)C1. The highest BCUT2D eigenvalue weighted by atomic mass is 32.1. The lowest BCUT2D eigenvalue weighted by atomic mass is 9.84. The highest BCUT2D eigenvalue weighted by Crippen LogP contribution is 2.41. The van der Waals surface area contributed by atoms with E-state index in [4.69, 9.17) is 4.74 Å². The van der Waals surface area contributed by atoms with Gasteiger partial charge in [-0.3, -0.25) is 4.79 Å². The van der Waals surface area contributed by atoms with Gasteiger partial charge in [-0.25, -0.2) is 13.6 Å². The summed E-state index contributed by atoms with van der Waals surface area (Å²) in [6.45, 7) is 4.12. The normalized spacial score (nSPS) is 15.8. The first-order valence-corrected chi connectivity index (χ1v) is 10.3. The number of esters is 1.